The van der Waals surface area contributed by atoms with Gasteiger partial charge in [-0.05, 0) is 35.7 Å². The normalized spacial score (nSPS) is 13.1. The third-order valence-electron chi connectivity index (χ3n) is 7.58. The smallest absolute Gasteiger partial charge is 0.227 e. The summed E-state index contributed by atoms with van der Waals surface area (Å²) in [6, 6.07) is 6.72. The van der Waals surface area contributed by atoms with Crippen molar-refractivity contribution in [1.82, 2.24) is 9.80 Å². The second-order valence-corrected chi connectivity index (χ2v) is 10.5. The van der Waals surface area contributed by atoms with E-state index in [0.29, 0.717) is 66.8 Å². The van der Waals surface area contributed by atoms with Crippen LogP contribution in [-0.2, 0) is 27.1 Å². The van der Waals surface area contributed by atoms with Crippen LogP contribution in [0.5, 0.6) is 23.0 Å². The van der Waals surface area contributed by atoms with Crippen LogP contribution in [0.4, 0.5) is 0 Å². The van der Waals surface area contributed by atoms with E-state index < -0.39 is 0 Å². The number of methoxy groups -OCH3 is 2. The lowest BCUT2D eigenvalue weighted by molar-refractivity contribution is -0.131. The van der Waals surface area contributed by atoms with Gasteiger partial charge in [0, 0.05) is 51.5 Å². The van der Waals surface area contributed by atoms with Crippen molar-refractivity contribution in [3.63, 3.8) is 0 Å². The number of rotatable bonds is 21. The predicted octanol–water partition coefficient (Wildman–Crippen LogP) is 3.34. The minimum atomic E-state index is -0.351. The van der Waals surface area contributed by atoms with Gasteiger partial charge < -0.3 is 38.4 Å². The third-order valence-corrected chi connectivity index (χ3v) is 7.58. The van der Waals surface area contributed by atoms with Crippen molar-refractivity contribution in [2.75, 3.05) is 93.2 Å². The molecule has 0 atom stereocenters. The molecule has 1 N–H and O–H groups in total. The molecule has 252 valence electrons. The van der Waals surface area contributed by atoms with Crippen molar-refractivity contribution < 1.29 is 43.1 Å². The molecule has 46 heavy (non-hydrogen) atoms. The molecule has 0 spiro atoms. The fourth-order valence-electron chi connectivity index (χ4n) is 5.23. The van der Waals surface area contributed by atoms with Crippen LogP contribution in [0.1, 0.15) is 34.0 Å². The number of amides is 1. The first-order valence-corrected chi connectivity index (χ1v) is 15.6. The maximum atomic E-state index is 14.4. The number of aliphatic hydroxyl groups excluding tert-OH is 1. The van der Waals surface area contributed by atoms with E-state index in [-0.39, 0.29) is 62.3 Å². The van der Waals surface area contributed by atoms with Gasteiger partial charge in [-0.3, -0.25) is 14.5 Å². The Kier molecular flexibility index (Phi) is 15.6. The number of carbonyl (C=O) groups is 2. The van der Waals surface area contributed by atoms with Gasteiger partial charge in [0.25, 0.3) is 0 Å². The summed E-state index contributed by atoms with van der Waals surface area (Å²) in [5, 5.41) is 9.64. The summed E-state index contributed by atoms with van der Waals surface area (Å²) in [6.45, 7) is 14.6. The molecule has 1 saturated heterocycles. The van der Waals surface area contributed by atoms with E-state index in [1.807, 2.05) is 6.92 Å². The lowest BCUT2D eigenvalue weighted by Crippen LogP contribution is -2.38. The molecule has 1 fully saturated rings. The summed E-state index contributed by atoms with van der Waals surface area (Å²) in [6.07, 6.45) is 3.56. The van der Waals surface area contributed by atoms with Crippen LogP contribution in [0.25, 0.3) is 0 Å². The van der Waals surface area contributed by atoms with E-state index in [9.17, 15) is 14.7 Å². The number of carbonyl (C=O) groups excluding carboxylic acids is 2. The Bertz CT molecular complexity index is 1310. The minimum absolute atomic E-state index is 0.121. The first-order chi connectivity index (χ1) is 22.4. The summed E-state index contributed by atoms with van der Waals surface area (Å²) in [4.78, 5) is 31.9. The summed E-state index contributed by atoms with van der Waals surface area (Å²) in [5.41, 5.74) is 1.78. The lowest BCUT2D eigenvalue weighted by Gasteiger charge is -2.26. The highest BCUT2D eigenvalue weighted by atomic mass is 16.5. The Hall–Kier alpha value is -3.90. The number of ether oxygens (including phenoxy) is 6. The molecule has 0 radical (unpaired) electrons. The number of aliphatic hydroxyl groups is 1. The maximum absolute atomic E-state index is 14.4. The fraction of sp³-hybridized carbons (Fsp3) is 0.486. The molecule has 1 aliphatic heterocycles. The summed E-state index contributed by atoms with van der Waals surface area (Å²) in [5.74, 6) is 1.07. The van der Waals surface area contributed by atoms with Gasteiger partial charge in [-0.1, -0.05) is 32.2 Å². The average Bonchev–Trinajstić information content (AvgIpc) is 3.08. The molecule has 1 heterocycles. The highest BCUT2D eigenvalue weighted by Gasteiger charge is 2.28. The molecule has 0 bridgehead atoms. The molecule has 0 aromatic heterocycles. The second-order valence-electron chi connectivity index (χ2n) is 10.5. The van der Waals surface area contributed by atoms with Gasteiger partial charge >= 0.3 is 0 Å². The zero-order valence-electron chi connectivity index (χ0n) is 27.4. The Morgan fingerprint density at radius 1 is 0.935 bits per heavy atom. The molecular formula is C35H48N2O9. The molecule has 1 aliphatic rings. The highest BCUT2D eigenvalue weighted by molar-refractivity contribution is 6.13. The van der Waals surface area contributed by atoms with Crippen molar-refractivity contribution in [2.45, 2.75) is 19.8 Å². The maximum Gasteiger partial charge on any atom is 0.227 e. The molecule has 11 nitrogen and oxygen atoms in total. The van der Waals surface area contributed by atoms with Crippen molar-refractivity contribution in [3.05, 3.63) is 71.8 Å². The molecule has 0 saturated carbocycles. The summed E-state index contributed by atoms with van der Waals surface area (Å²) >= 11 is 0. The molecule has 0 unspecified atom stereocenters. The molecule has 2 aromatic carbocycles. The molecular weight excluding hydrogens is 592 g/mol. The number of hydrogen-bond donors (Lipinski definition) is 1. The van der Waals surface area contributed by atoms with E-state index in [2.05, 4.69) is 18.1 Å². The van der Waals surface area contributed by atoms with Crippen LogP contribution in [0.2, 0.25) is 0 Å². The Morgan fingerprint density at radius 2 is 1.65 bits per heavy atom. The van der Waals surface area contributed by atoms with E-state index in [1.54, 1.807) is 43.5 Å². The van der Waals surface area contributed by atoms with Crippen LogP contribution < -0.4 is 18.9 Å². The zero-order chi connectivity index (χ0) is 33.3. The Labute approximate surface area is 272 Å². The minimum Gasteiger partial charge on any atom is -0.493 e. The van der Waals surface area contributed by atoms with E-state index >= 15 is 0 Å². The fourth-order valence-corrected chi connectivity index (χ4v) is 5.23. The van der Waals surface area contributed by atoms with Gasteiger partial charge in [-0.2, -0.15) is 0 Å². The topological polar surface area (TPSA) is 116 Å². The van der Waals surface area contributed by atoms with Crippen LogP contribution in [0, 0.1) is 0 Å². The molecule has 0 aliphatic carbocycles. The SMILES string of the molecule is C=CCOc1cc(OCC=C)c(C(=O)c2ccc(OCCN3CCOCC3)c(OC)c2)c(CC(=O)N(CCO)CCOC)c1CC. The van der Waals surface area contributed by atoms with Gasteiger partial charge in [-0.25, -0.2) is 0 Å². The van der Waals surface area contributed by atoms with Gasteiger partial charge in [0.05, 0.1) is 45.5 Å². The third kappa shape index (κ3) is 10.1. The van der Waals surface area contributed by atoms with Crippen molar-refractivity contribution in [2.24, 2.45) is 0 Å². The average molecular weight is 641 g/mol. The Morgan fingerprint density at radius 3 is 2.28 bits per heavy atom. The number of morpholine rings is 1. The van der Waals surface area contributed by atoms with E-state index in [0.717, 1.165) is 19.6 Å². The first kappa shape index (κ1) is 36.6. The van der Waals surface area contributed by atoms with E-state index in [4.69, 9.17) is 28.4 Å². The van der Waals surface area contributed by atoms with E-state index in [1.165, 1.54) is 12.0 Å². The van der Waals surface area contributed by atoms with Crippen molar-refractivity contribution >= 4 is 11.7 Å². The lowest BCUT2D eigenvalue weighted by atomic mass is 9.89. The zero-order valence-corrected chi connectivity index (χ0v) is 27.4. The predicted molar refractivity (Wildman–Crippen MR) is 176 cm³/mol. The quantitative estimate of drug-likeness (QED) is 0.161. The molecule has 11 heteroatoms. The summed E-state index contributed by atoms with van der Waals surface area (Å²) in [7, 11) is 3.07. The van der Waals surface area contributed by atoms with Crippen LogP contribution >= 0.6 is 0 Å². The Balaban J connectivity index is 2.06. The van der Waals surface area contributed by atoms with Gasteiger partial charge in [0.15, 0.2) is 17.3 Å². The molecule has 2 aromatic rings. The largest absolute Gasteiger partial charge is 0.493 e. The molecule has 1 amide bonds. The monoisotopic (exact) mass is 640 g/mol. The molecule has 3 rings (SSSR count). The highest BCUT2D eigenvalue weighted by Crippen LogP contribution is 2.38. The second kappa shape index (κ2) is 19.6. The number of hydrogen-bond acceptors (Lipinski definition) is 10. The number of benzene rings is 2. The van der Waals surface area contributed by atoms with Gasteiger partial charge in [0.2, 0.25) is 5.91 Å². The van der Waals surface area contributed by atoms with Crippen LogP contribution in [-0.4, -0.2) is 120 Å². The summed E-state index contributed by atoms with van der Waals surface area (Å²) < 4.78 is 34.3. The van der Waals surface area contributed by atoms with Crippen LogP contribution in [0.15, 0.2) is 49.6 Å². The number of nitrogens with zero attached hydrogens (tertiary/aromatic N) is 2. The number of ketones is 1. The van der Waals surface area contributed by atoms with Crippen LogP contribution in [0.3, 0.4) is 0 Å². The van der Waals surface area contributed by atoms with Gasteiger partial charge in [-0.15, -0.1) is 0 Å². The first-order valence-electron chi connectivity index (χ1n) is 15.6. The van der Waals surface area contributed by atoms with Crippen molar-refractivity contribution in [1.29, 1.82) is 0 Å². The van der Waals surface area contributed by atoms with Gasteiger partial charge in [0.1, 0.15) is 31.3 Å². The standard InChI is InChI=1S/C35H48N2O9/c1-6-17-44-30-25-32(45-18-7-2)34(28(27(30)8-3)24-33(39)37(11-16-38)15-19-41-4)35(40)26-9-10-29(31(23-26)42-5)46-22-14-36-12-20-43-21-13-36/h6-7,9-10,23,25,38H,1-2,8,11-22,24H2,3-5H3. The van der Waals surface area contributed by atoms with Crippen molar-refractivity contribution in [3.8, 4) is 23.0 Å².